The first-order chi connectivity index (χ1) is 13.3. The number of carbonyl (C=O) groups excluding carboxylic acids is 1. The highest BCUT2D eigenvalue weighted by Gasteiger charge is 2.52. The van der Waals surface area contributed by atoms with Crippen LogP contribution in [0.2, 0.25) is 0 Å². The van der Waals surface area contributed by atoms with Gasteiger partial charge < -0.3 is 14.6 Å². The molecule has 2 rings (SSSR count). The van der Waals surface area contributed by atoms with Crippen LogP contribution in [0.3, 0.4) is 0 Å². The van der Waals surface area contributed by atoms with Gasteiger partial charge in [-0.05, 0) is 59.3 Å². The van der Waals surface area contributed by atoms with E-state index in [4.69, 9.17) is 9.47 Å². The highest BCUT2D eigenvalue weighted by atomic mass is 16.6. The first-order valence-electron chi connectivity index (χ1n) is 11.2. The summed E-state index contributed by atoms with van der Waals surface area (Å²) in [7, 11) is 0. The van der Waals surface area contributed by atoms with Crippen molar-refractivity contribution in [3.63, 3.8) is 0 Å². The van der Waals surface area contributed by atoms with E-state index in [-0.39, 0.29) is 24.2 Å². The van der Waals surface area contributed by atoms with Crippen molar-refractivity contribution in [1.29, 1.82) is 0 Å². The largest absolute Gasteiger partial charge is 0.481 e. The molecule has 6 nitrogen and oxygen atoms in total. The average Bonchev–Trinajstić information content (AvgIpc) is 2.81. The van der Waals surface area contributed by atoms with Crippen molar-refractivity contribution in [1.82, 2.24) is 4.90 Å². The lowest BCUT2D eigenvalue weighted by Crippen LogP contribution is -2.51. The molecule has 6 heteroatoms. The molecule has 0 aromatic heterocycles. The zero-order valence-corrected chi connectivity index (χ0v) is 19.4. The molecule has 1 saturated heterocycles. The lowest BCUT2D eigenvalue weighted by molar-refractivity contribution is -0.146. The van der Waals surface area contributed by atoms with Crippen molar-refractivity contribution in [2.24, 2.45) is 17.8 Å². The Balaban J connectivity index is 2.30. The first kappa shape index (κ1) is 24.0. The Labute approximate surface area is 176 Å². The minimum absolute atomic E-state index is 0.00474. The van der Waals surface area contributed by atoms with Crippen LogP contribution in [0.1, 0.15) is 93.4 Å². The highest BCUT2D eigenvalue weighted by Crippen LogP contribution is 2.41. The van der Waals surface area contributed by atoms with Gasteiger partial charge in [-0.3, -0.25) is 9.69 Å². The molecule has 1 aliphatic heterocycles. The quantitative estimate of drug-likeness (QED) is 0.629. The molecule has 1 unspecified atom stereocenters. The molecule has 0 aromatic rings. The molecular weight excluding hydrogens is 370 g/mol. The van der Waals surface area contributed by atoms with Gasteiger partial charge in [0.2, 0.25) is 0 Å². The average molecular weight is 412 g/mol. The van der Waals surface area contributed by atoms with Gasteiger partial charge in [0, 0.05) is 0 Å². The topological polar surface area (TPSA) is 76.1 Å². The van der Waals surface area contributed by atoms with E-state index in [1.165, 1.54) is 32.1 Å². The molecule has 1 N–H and O–H groups in total. The van der Waals surface area contributed by atoms with Gasteiger partial charge in [0.15, 0.2) is 0 Å². The Hall–Kier alpha value is -1.30. The highest BCUT2D eigenvalue weighted by molar-refractivity contribution is 5.71. The van der Waals surface area contributed by atoms with Crippen LogP contribution < -0.4 is 0 Å². The van der Waals surface area contributed by atoms with Crippen LogP contribution >= 0.6 is 0 Å². The molecule has 0 radical (unpaired) electrons. The van der Waals surface area contributed by atoms with E-state index in [1.54, 1.807) is 4.90 Å². The number of rotatable bonds is 6. The van der Waals surface area contributed by atoms with E-state index in [1.807, 2.05) is 48.5 Å². The molecule has 1 saturated carbocycles. The maximum absolute atomic E-state index is 13.1. The number of carboxylic acids is 1. The summed E-state index contributed by atoms with van der Waals surface area (Å²) in [6.45, 7) is 13.2. The summed E-state index contributed by atoms with van der Waals surface area (Å²) in [5.41, 5.74) is -1.42. The number of hydrogen-bond donors (Lipinski definition) is 1. The van der Waals surface area contributed by atoms with E-state index >= 15 is 0 Å². The molecule has 168 valence electrons. The van der Waals surface area contributed by atoms with Crippen molar-refractivity contribution >= 4 is 12.1 Å². The number of aliphatic carboxylic acids is 1. The Morgan fingerprint density at radius 3 is 2.24 bits per heavy atom. The summed E-state index contributed by atoms with van der Waals surface area (Å²) < 4.78 is 12.1. The number of carboxylic acid groups (broad SMARTS) is 1. The molecule has 1 aliphatic carbocycles. The molecular formula is C23H41NO5. The summed E-state index contributed by atoms with van der Waals surface area (Å²) >= 11 is 0. The number of hydrogen-bond acceptors (Lipinski definition) is 4. The van der Waals surface area contributed by atoms with Crippen molar-refractivity contribution in [3.8, 4) is 0 Å². The minimum Gasteiger partial charge on any atom is -0.481 e. The van der Waals surface area contributed by atoms with E-state index in [9.17, 15) is 14.7 Å². The standard InChI is InChI=1S/C23H41NO5/c1-15(2)17(20(25)26)14-19-18(13-16-11-9-8-10-12-16)24(23(6,7)28-19)21(27)29-22(3,4)5/h15-19H,8-14H2,1-7H3,(H,25,26)/t17-,18-,19?/m0/s1. The van der Waals surface area contributed by atoms with E-state index in [0.717, 1.165) is 6.42 Å². The molecule has 0 spiro atoms. The van der Waals surface area contributed by atoms with Crippen molar-refractivity contribution in [3.05, 3.63) is 0 Å². The molecule has 1 amide bonds. The van der Waals surface area contributed by atoms with Gasteiger partial charge in [-0.25, -0.2) is 4.79 Å². The molecule has 0 aromatic carbocycles. The Kier molecular flexibility index (Phi) is 7.63. The van der Waals surface area contributed by atoms with E-state index in [2.05, 4.69) is 0 Å². The Morgan fingerprint density at radius 2 is 1.76 bits per heavy atom. The van der Waals surface area contributed by atoms with Crippen LogP contribution in [0.5, 0.6) is 0 Å². The van der Waals surface area contributed by atoms with Crippen LogP contribution in [0.25, 0.3) is 0 Å². The maximum Gasteiger partial charge on any atom is 0.412 e. The second kappa shape index (κ2) is 9.23. The third kappa shape index (κ3) is 6.34. The monoisotopic (exact) mass is 411 g/mol. The lowest BCUT2D eigenvalue weighted by atomic mass is 9.81. The second-order valence-electron chi connectivity index (χ2n) is 10.7. The summed E-state index contributed by atoms with van der Waals surface area (Å²) in [6.07, 6.45) is 6.63. The smallest absolute Gasteiger partial charge is 0.412 e. The number of nitrogens with zero attached hydrogens (tertiary/aromatic N) is 1. The SMILES string of the molecule is CC(C)[C@H](CC1OC(C)(C)N(C(=O)OC(C)(C)C)[C@H]1CC1CCCCC1)C(=O)O. The van der Waals surface area contributed by atoms with Gasteiger partial charge in [0.25, 0.3) is 0 Å². The number of ether oxygens (including phenoxy) is 2. The van der Waals surface area contributed by atoms with E-state index in [0.29, 0.717) is 12.3 Å². The van der Waals surface area contributed by atoms with Crippen molar-refractivity contribution in [2.75, 3.05) is 0 Å². The zero-order valence-electron chi connectivity index (χ0n) is 19.4. The third-order valence-electron chi connectivity index (χ3n) is 6.28. The fourth-order valence-corrected chi connectivity index (χ4v) is 4.87. The van der Waals surface area contributed by atoms with Crippen LogP contribution in [-0.4, -0.2) is 45.5 Å². The Bertz CT molecular complexity index is 574. The van der Waals surface area contributed by atoms with Crippen LogP contribution in [-0.2, 0) is 14.3 Å². The minimum atomic E-state index is -0.827. The lowest BCUT2D eigenvalue weighted by Gasteiger charge is -2.37. The molecule has 3 atom stereocenters. The van der Waals surface area contributed by atoms with Crippen molar-refractivity contribution < 1.29 is 24.2 Å². The predicted octanol–water partition coefficient (Wildman–Crippen LogP) is 5.44. The number of amides is 1. The van der Waals surface area contributed by atoms with Crippen LogP contribution in [0, 0.1) is 17.8 Å². The Morgan fingerprint density at radius 1 is 1.17 bits per heavy atom. The summed E-state index contributed by atoms with van der Waals surface area (Å²) in [5, 5.41) is 9.71. The molecule has 1 heterocycles. The predicted molar refractivity (Wildman–Crippen MR) is 113 cm³/mol. The molecule has 2 aliphatic rings. The fourth-order valence-electron chi connectivity index (χ4n) is 4.87. The summed E-state index contributed by atoms with van der Waals surface area (Å²) in [6, 6.07) is -0.163. The van der Waals surface area contributed by atoms with Gasteiger partial charge in [0.1, 0.15) is 11.3 Å². The normalized spacial score (nSPS) is 26.6. The van der Waals surface area contributed by atoms with Crippen LogP contribution in [0.15, 0.2) is 0 Å². The number of carbonyl (C=O) groups is 2. The van der Waals surface area contributed by atoms with Gasteiger partial charge in [0.05, 0.1) is 18.1 Å². The van der Waals surface area contributed by atoms with E-state index < -0.39 is 23.2 Å². The third-order valence-corrected chi connectivity index (χ3v) is 6.28. The molecule has 2 fully saturated rings. The summed E-state index contributed by atoms with van der Waals surface area (Å²) in [4.78, 5) is 26.7. The second-order valence-corrected chi connectivity index (χ2v) is 10.7. The van der Waals surface area contributed by atoms with Gasteiger partial charge in [-0.1, -0.05) is 46.0 Å². The van der Waals surface area contributed by atoms with Crippen molar-refractivity contribution in [2.45, 2.75) is 117 Å². The molecule has 29 heavy (non-hydrogen) atoms. The van der Waals surface area contributed by atoms with Gasteiger partial charge in [-0.2, -0.15) is 0 Å². The van der Waals surface area contributed by atoms with Gasteiger partial charge in [-0.15, -0.1) is 0 Å². The first-order valence-corrected chi connectivity index (χ1v) is 11.2. The van der Waals surface area contributed by atoms with Gasteiger partial charge >= 0.3 is 12.1 Å². The molecule has 0 bridgehead atoms. The summed E-state index contributed by atoms with van der Waals surface area (Å²) in [5.74, 6) is -0.747. The maximum atomic E-state index is 13.1. The fraction of sp³-hybridized carbons (Fsp3) is 0.913. The zero-order chi connectivity index (χ0) is 22.0. The van der Waals surface area contributed by atoms with Crippen LogP contribution in [0.4, 0.5) is 4.79 Å².